The quantitative estimate of drug-likeness (QED) is 0.215. The summed E-state index contributed by atoms with van der Waals surface area (Å²) in [6.45, 7) is 0. The number of aromatic nitrogens is 2. The van der Waals surface area contributed by atoms with Crippen LogP contribution in [0, 0.1) is 5.92 Å². The van der Waals surface area contributed by atoms with Crippen LogP contribution in [-0.4, -0.2) is 44.3 Å². The van der Waals surface area contributed by atoms with Gasteiger partial charge in [-0.2, -0.15) is 0 Å². The molecule has 11 nitrogen and oxygen atoms in total. The van der Waals surface area contributed by atoms with Gasteiger partial charge in [-0.3, -0.25) is 14.3 Å². The number of methoxy groups -OCH3 is 2. The maximum atomic E-state index is 13.5. The number of carbonyl (C=O) groups is 2. The number of rotatable bonds is 12. The van der Waals surface area contributed by atoms with Gasteiger partial charge in [0.15, 0.2) is 11.6 Å². The van der Waals surface area contributed by atoms with Crippen molar-refractivity contribution in [1.82, 2.24) is 9.97 Å². The standard InChI is InChI=1S/C29H29N5O6S/c1-39-21-14-20(15-22(17-21)40-2)31-28-29(33-25-9-4-3-8-24(25)32-28)34-41(37,38)23-7-5-6-19(16-23)30-27(36)13-12-26(35)18-10-11-18/h3-9,14-18H,10-13H2,1-2H3,(H,30,36)(H,31,32)(H,33,34). The molecule has 1 heterocycles. The second-order valence-corrected chi connectivity index (χ2v) is 11.2. The predicted molar refractivity (Wildman–Crippen MR) is 155 cm³/mol. The zero-order valence-corrected chi connectivity index (χ0v) is 23.3. The average molecular weight is 576 g/mol. The molecule has 3 aromatic carbocycles. The first-order chi connectivity index (χ1) is 19.7. The monoisotopic (exact) mass is 575 g/mol. The van der Waals surface area contributed by atoms with Crippen LogP contribution in [-0.2, 0) is 19.6 Å². The summed E-state index contributed by atoms with van der Waals surface area (Å²) in [4.78, 5) is 33.3. The fraction of sp³-hybridized carbons (Fsp3) is 0.241. The topological polar surface area (TPSA) is 149 Å². The molecule has 12 heteroatoms. The lowest BCUT2D eigenvalue weighted by molar-refractivity contribution is -0.123. The van der Waals surface area contributed by atoms with Gasteiger partial charge in [-0.25, -0.2) is 18.4 Å². The van der Waals surface area contributed by atoms with Gasteiger partial charge in [0.2, 0.25) is 5.91 Å². The molecule has 1 fully saturated rings. The van der Waals surface area contributed by atoms with Gasteiger partial charge >= 0.3 is 0 Å². The zero-order valence-electron chi connectivity index (χ0n) is 22.5. The van der Waals surface area contributed by atoms with E-state index in [0.29, 0.717) is 33.9 Å². The summed E-state index contributed by atoms with van der Waals surface area (Å²) in [6, 6.07) is 18.1. The van der Waals surface area contributed by atoms with Gasteiger partial charge < -0.3 is 20.1 Å². The summed E-state index contributed by atoms with van der Waals surface area (Å²) in [5, 5.41) is 5.79. The van der Waals surface area contributed by atoms with E-state index in [1.165, 1.54) is 32.4 Å². The van der Waals surface area contributed by atoms with Crippen LogP contribution >= 0.6 is 0 Å². The molecule has 1 saturated carbocycles. The van der Waals surface area contributed by atoms with Crippen LogP contribution in [0.15, 0.2) is 71.6 Å². The van der Waals surface area contributed by atoms with Crippen LogP contribution in [0.2, 0.25) is 0 Å². The minimum absolute atomic E-state index is 0.0292. The van der Waals surface area contributed by atoms with Crippen molar-refractivity contribution in [3.05, 3.63) is 66.7 Å². The number of Topliss-reactive ketones (excluding diaryl/α,β-unsaturated/α-hetero) is 1. The molecule has 212 valence electrons. The summed E-state index contributed by atoms with van der Waals surface area (Å²) < 4.78 is 40.2. The molecule has 0 bridgehead atoms. The number of nitrogens with one attached hydrogen (secondary N) is 3. The van der Waals surface area contributed by atoms with Gasteiger partial charge in [0.25, 0.3) is 10.0 Å². The Labute approximate surface area is 237 Å². The Morgan fingerprint density at radius 3 is 2.12 bits per heavy atom. The van der Waals surface area contributed by atoms with Gasteiger partial charge in [-0.1, -0.05) is 18.2 Å². The Morgan fingerprint density at radius 1 is 0.829 bits per heavy atom. The molecule has 41 heavy (non-hydrogen) atoms. The molecule has 1 aliphatic carbocycles. The molecule has 1 aromatic heterocycles. The van der Waals surface area contributed by atoms with Crippen molar-refractivity contribution < 1.29 is 27.5 Å². The number of ether oxygens (including phenoxy) is 2. The SMILES string of the molecule is COc1cc(Nc2nc3ccccc3nc2NS(=O)(=O)c2cccc(NC(=O)CCC(=O)C3CC3)c2)cc(OC)c1. The van der Waals surface area contributed by atoms with Crippen LogP contribution in [0.4, 0.5) is 23.0 Å². The Bertz CT molecular complexity index is 1700. The molecule has 3 N–H and O–H groups in total. The highest BCUT2D eigenvalue weighted by Gasteiger charge is 2.29. The maximum Gasteiger partial charge on any atom is 0.263 e. The number of nitrogens with zero attached hydrogens (tertiary/aromatic N) is 2. The lowest BCUT2D eigenvalue weighted by Gasteiger charge is -2.15. The first-order valence-corrected chi connectivity index (χ1v) is 14.4. The molecule has 0 aliphatic heterocycles. The molecule has 0 unspecified atom stereocenters. The Hall–Kier alpha value is -4.71. The van der Waals surface area contributed by atoms with Crippen molar-refractivity contribution in [3.8, 4) is 11.5 Å². The number of sulfonamides is 1. The fourth-order valence-electron chi connectivity index (χ4n) is 4.17. The maximum absolute atomic E-state index is 13.5. The molecular formula is C29H29N5O6S. The highest BCUT2D eigenvalue weighted by Crippen LogP contribution is 2.32. The predicted octanol–water partition coefficient (Wildman–Crippen LogP) is 4.89. The first-order valence-electron chi connectivity index (χ1n) is 13.0. The van der Waals surface area contributed by atoms with E-state index in [2.05, 4.69) is 25.3 Å². The number of hydrogen-bond donors (Lipinski definition) is 3. The molecule has 0 radical (unpaired) electrons. The number of ketones is 1. The number of para-hydroxylation sites is 2. The first kappa shape index (κ1) is 27.8. The largest absolute Gasteiger partial charge is 0.497 e. The lowest BCUT2D eigenvalue weighted by atomic mass is 10.1. The molecule has 1 amide bonds. The molecule has 0 saturated heterocycles. The smallest absolute Gasteiger partial charge is 0.263 e. The van der Waals surface area contributed by atoms with Crippen LogP contribution in [0.1, 0.15) is 25.7 Å². The third-order valence-electron chi connectivity index (χ3n) is 6.48. The third-order valence-corrected chi connectivity index (χ3v) is 7.81. The highest BCUT2D eigenvalue weighted by molar-refractivity contribution is 7.92. The number of fused-ring (bicyclic) bond motifs is 1. The lowest BCUT2D eigenvalue weighted by Crippen LogP contribution is -2.17. The highest BCUT2D eigenvalue weighted by atomic mass is 32.2. The number of carbonyl (C=O) groups excluding carboxylic acids is 2. The fourth-order valence-corrected chi connectivity index (χ4v) is 5.23. The van der Waals surface area contributed by atoms with Gasteiger partial charge in [0.1, 0.15) is 17.3 Å². The van der Waals surface area contributed by atoms with Gasteiger partial charge in [-0.05, 0) is 43.2 Å². The Morgan fingerprint density at radius 2 is 1.49 bits per heavy atom. The molecular weight excluding hydrogens is 546 g/mol. The van der Waals surface area contributed by atoms with Crippen molar-refractivity contribution in [2.24, 2.45) is 5.92 Å². The minimum Gasteiger partial charge on any atom is -0.497 e. The Kier molecular flexibility index (Phi) is 8.02. The Balaban J connectivity index is 1.40. The minimum atomic E-state index is -4.16. The van der Waals surface area contributed by atoms with E-state index in [0.717, 1.165) is 12.8 Å². The van der Waals surface area contributed by atoms with Crippen molar-refractivity contribution in [3.63, 3.8) is 0 Å². The number of benzene rings is 3. The molecule has 0 spiro atoms. The number of amides is 1. The molecule has 1 aliphatic rings. The third kappa shape index (κ3) is 6.90. The van der Waals surface area contributed by atoms with Crippen molar-refractivity contribution >= 4 is 55.8 Å². The van der Waals surface area contributed by atoms with E-state index in [1.807, 2.05) is 0 Å². The van der Waals surface area contributed by atoms with E-state index >= 15 is 0 Å². The summed E-state index contributed by atoms with van der Waals surface area (Å²) in [6.07, 6.45) is 1.99. The molecule has 0 atom stereocenters. The van der Waals surface area contributed by atoms with Gasteiger partial charge in [0.05, 0.1) is 30.1 Å². The molecule has 5 rings (SSSR count). The summed E-state index contributed by atoms with van der Waals surface area (Å²) in [5.41, 5.74) is 1.87. The molecule has 4 aromatic rings. The zero-order chi connectivity index (χ0) is 29.0. The number of anilines is 4. The van der Waals surface area contributed by atoms with Gasteiger partial charge in [-0.15, -0.1) is 0 Å². The normalized spacial score (nSPS) is 12.9. The van der Waals surface area contributed by atoms with Crippen molar-refractivity contribution in [2.45, 2.75) is 30.6 Å². The summed E-state index contributed by atoms with van der Waals surface area (Å²) in [7, 11) is -1.10. The van der Waals surface area contributed by atoms with Crippen LogP contribution < -0.4 is 24.8 Å². The van der Waals surface area contributed by atoms with E-state index in [-0.39, 0.29) is 47.0 Å². The summed E-state index contributed by atoms with van der Waals surface area (Å²) in [5.74, 6) is 1.00. The van der Waals surface area contributed by atoms with Crippen molar-refractivity contribution in [1.29, 1.82) is 0 Å². The van der Waals surface area contributed by atoms with E-state index in [1.54, 1.807) is 48.5 Å². The second-order valence-electron chi connectivity index (χ2n) is 9.56. The van der Waals surface area contributed by atoms with Crippen LogP contribution in [0.25, 0.3) is 11.0 Å². The average Bonchev–Trinajstić information content (AvgIpc) is 3.82. The number of hydrogen-bond acceptors (Lipinski definition) is 9. The van der Waals surface area contributed by atoms with E-state index in [4.69, 9.17) is 9.47 Å². The van der Waals surface area contributed by atoms with E-state index in [9.17, 15) is 18.0 Å². The summed E-state index contributed by atoms with van der Waals surface area (Å²) >= 11 is 0. The van der Waals surface area contributed by atoms with Gasteiger partial charge in [0, 0.05) is 48.3 Å². The van der Waals surface area contributed by atoms with E-state index < -0.39 is 10.0 Å². The van der Waals surface area contributed by atoms with Crippen LogP contribution in [0.5, 0.6) is 11.5 Å². The van der Waals surface area contributed by atoms with Crippen molar-refractivity contribution in [2.75, 3.05) is 29.6 Å². The van der Waals surface area contributed by atoms with Crippen LogP contribution in [0.3, 0.4) is 0 Å². The second kappa shape index (κ2) is 11.8.